The van der Waals surface area contributed by atoms with Gasteiger partial charge in [0.05, 0.1) is 5.56 Å². The first-order valence-corrected chi connectivity index (χ1v) is 8.69. The number of rotatable bonds is 7. The first-order valence-electron chi connectivity index (χ1n) is 8.69. The largest absolute Gasteiger partial charge is 0.385 e. The fourth-order valence-electron chi connectivity index (χ4n) is 3.33. The summed E-state index contributed by atoms with van der Waals surface area (Å²) in [7, 11) is 3.21. The number of amides is 1. The molecule has 8 heteroatoms. The molecule has 0 unspecified atom stereocenters. The molecule has 0 saturated carbocycles. The van der Waals surface area contributed by atoms with Crippen molar-refractivity contribution in [1.29, 1.82) is 0 Å². The smallest absolute Gasteiger partial charge is 0.259 e. The van der Waals surface area contributed by atoms with Crippen molar-refractivity contribution >= 4 is 5.91 Å². The molecule has 8 nitrogen and oxygen atoms in total. The van der Waals surface area contributed by atoms with Crippen LogP contribution in [0.15, 0.2) is 29.0 Å². The number of aromatic nitrogens is 3. The highest BCUT2D eigenvalue weighted by molar-refractivity contribution is 5.77. The predicted octanol–water partition coefficient (Wildman–Crippen LogP) is 1.67. The van der Waals surface area contributed by atoms with Crippen molar-refractivity contribution in [3.05, 3.63) is 30.4 Å². The Kier molecular flexibility index (Phi) is 5.95. The molecule has 140 valence electrons. The molecule has 0 bridgehead atoms. The third-order valence-electron chi connectivity index (χ3n) is 4.93. The molecule has 3 heterocycles. The summed E-state index contributed by atoms with van der Waals surface area (Å²) in [4.78, 5) is 22.6. The molecule has 1 aliphatic rings. The molecule has 1 fully saturated rings. The number of hydrogen-bond donors (Lipinski definition) is 0. The molecule has 0 aromatic carbocycles. The van der Waals surface area contributed by atoms with Crippen molar-refractivity contribution in [1.82, 2.24) is 20.0 Å². The predicted molar refractivity (Wildman–Crippen MR) is 93.4 cm³/mol. The van der Waals surface area contributed by atoms with Gasteiger partial charge >= 0.3 is 0 Å². The van der Waals surface area contributed by atoms with Crippen LogP contribution in [0.25, 0.3) is 11.5 Å². The molecular weight excluding hydrogens is 336 g/mol. The van der Waals surface area contributed by atoms with E-state index in [1.54, 1.807) is 19.5 Å². The van der Waals surface area contributed by atoms with Crippen LogP contribution >= 0.6 is 0 Å². The molecule has 1 saturated heterocycles. The van der Waals surface area contributed by atoms with Gasteiger partial charge in [-0.1, -0.05) is 5.16 Å². The summed E-state index contributed by atoms with van der Waals surface area (Å²) in [6, 6.07) is 3.72. The van der Waals surface area contributed by atoms with Gasteiger partial charge in [-0.2, -0.15) is 4.98 Å². The van der Waals surface area contributed by atoms with Crippen molar-refractivity contribution in [2.75, 3.05) is 40.5 Å². The average molecular weight is 360 g/mol. The van der Waals surface area contributed by atoms with Crippen molar-refractivity contribution in [3.8, 4) is 11.5 Å². The molecule has 0 radical (unpaired) electrons. The SMILES string of the molecule is COCCC1(c2noc(-c3cccnc3)n2)CCN(C(=O)COC)CC1. The van der Waals surface area contributed by atoms with Gasteiger partial charge < -0.3 is 18.9 Å². The van der Waals surface area contributed by atoms with E-state index in [2.05, 4.69) is 15.1 Å². The highest BCUT2D eigenvalue weighted by Gasteiger charge is 2.41. The number of ether oxygens (including phenoxy) is 2. The summed E-state index contributed by atoms with van der Waals surface area (Å²) in [5.41, 5.74) is 0.532. The zero-order valence-corrected chi connectivity index (χ0v) is 15.2. The van der Waals surface area contributed by atoms with E-state index in [0.717, 1.165) is 24.8 Å². The monoisotopic (exact) mass is 360 g/mol. The molecule has 0 aliphatic carbocycles. The van der Waals surface area contributed by atoms with E-state index in [0.29, 0.717) is 31.4 Å². The number of likely N-dealkylation sites (tertiary alicyclic amines) is 1. The zero-order valence-electron chi connectivity index (χ0n) is 15.2. The number of nitrogens with zero attached hydrogens (tertiary/aromatic N) is 4. The standard InChI is InChI=1S/C18H24N4O4/c1-24-11-7-18(5-9-22(10-6-18)15(23)13-25-2)17-20-16(26-21-17)14-4-3-8-19-12-14/h3-4,8,12H,5-7,9-11,13H2,1-2H3. The van der Waals surface area contributed by atoms with Gasteiger partial charge in [0.1, 0.15) is 6.61 Å². The molecule has 0 spiro atoms. The topological polar surface area (TPSA) is 90.6 Å². The van der Waals surface area contributed by atoms with E-state index in [-0.39, 0.29) is 17.9 Å². The quantitative estimate of drug-likeness (QED) is 0.742. The Morgan fingerprint density at radius 2 is 2.12 bits per heavy atom. The summed E-state index contributed by atoms with van der Waals surface area (Å²) in [6.45, 7) is 1.99. The number of methoxy groups -OCH3 is 2. The Balaban J connectivity index is 1.79. The number of pyridine rings is 1. The van der Waals surface area contributed by atoms with Gasteiger partial charge in [0, 0.05) is 51.7 Å². The molecular formula is C18H24N4O4. The van der Waals surface area contributed by atoms with Crippen molar-refractivity contribution < 1.29 is 18.8 Å². The summed E-state index contributed by atoms with van der Waals surface area (Å²) >= 11 is 0. The van der Waals surface area contributed by atoms with E-state index < -0.39 is 0 Å². The second-order valence-electron chi connectivity index (χ2n) is 6.50. The Labute approximate surface area is 152 Å². The fraction of sp³-hybridized carbons (Fsp3) is 0.556. The fourth-order valence-corrected chi connectivity index (χ4v) is 3.33. The highest BCUT2D eigenvalue weighted by Crippen LogP contribution is 2.38. The minimum absolute atomic E-state index is 0.0111. The lowest BCUT2D eigenvalue weighted by Crippen LogP contribution is -2.47. The lowest BCUT2D eigenvalue weighted by atomic mass is 9.75. The molecule has 3 rings (SSSR count). The first-order chi connectivity index (χ1) is 12.7. The van der Waals surface area contributed by atoms with Crippen LogP contribution in [-0.2, 0) is 19.7 Å². The molecule has 1 aliphatic heterocycles. The lowest BCUT2D eigenvalue weighted by Gasteiger charge is -2.39. The molecule has 0 atom stereocenters. The van der Waals surface area contributed by atoms with Crippen LogP contribution < -0.4 is 0 Å². The number of hydrogen-bond acceptors (Lipinski definition) is 7. The first kappa shape index (κ1) is 18.5. The molecule has 1 amide bonds. The number of carbonyl (C=O) groups excluding carboxylic acids is 1. The van der Waals surface area contributed by atoms with Gasteiger partial charge in [-0.25, -0.2) is 0 Å². The van der Waals surface area contributed by atoms with Crippen molar-refractivity contribution in [2.45, 2.75) is 24.7 Å². The normalized spacial score (nSPS) is 16.6. The average Bonchev–Trinajstić information content (AvgIpc) is 3.18. The Morgan fingerprint density at radius 1 is 1.31 bits per heavy atom. The van der Waals surface area contributed by atoms with E-state index in [1.807, 2.05) is 17.0 Å². The van der Waals surface area contributed by atoms with Gasteiger partial charge in [0.15, 0.2) is 5.82 Å². The Bertz CT molecular complexity index is 711. The maximum atomic E-state index is 12.1. The third kappa shape index (κ3) is 3.91. The summed E-state index contributed by atoms with van der Waals surface area (Å²) < 4.78 is 15.7. The Morgan fingerprint density at radius 3 is 2.77 bits per heavy atom. The molecule has 2 aromatic heterocycles. The van der Waals surface area contributed by atoms with Crippen molar-refractivity contribution in [2.24, 2.45) is 0 Å². The van der Waals surface area contributed by atoms with Crippen LogP contribution in [0.3, 0.4) is 0 Å². The minimum Gasteiger partial charge on any atom is -0.385 e. The van der Waals surface area contributed by atoms with E-state index >= 15 is 0 Å². The lowest BCUT2D eigenvalue weighted by molar-refractivity contribution is -0.136. The minimum atomic E-state index is -0.260. The maximum absolute atomic E-state index is 12.1. The van der Waals surface area contributed by atoms with Crippen LogP contribution in [0.4, 0.5) is 0 Å². The highest BCUT2D eigenvalue weighted by atomic mass is 16.5. The zero-order chi connectivity index (χ0) is 18.4. The van der Waals surface area contributed by atoms with E-state index in [9.17, 15) is 4.79 Å². The van der Waals surface area contributed by atoms with Gasteiger partial charge in [0.2, 0.25) is 5.91 Å². The van der Waals surface area contributed by atoms with Crippen LogP contribution in [0, 0.1) is 0 Å². The summed E-state index contributed by atoms with van der Waals surface area (Å²) in [5, 5.41) is 4.25. The second-order valence-corrected chi connectivity index (χ2v) is 6.50. The molecule has 0 N–H and O–H groups in total. The molecule has 2 aromatic rings. The van der Waals surface area contributed by atoms with Crippen molar-refractivity contribution in [3.63, 3.8) is 0 Å². The van der Waals surface area contributed by atoms with Crippen LogP contribution in [-0.4, -0.2) is 66.5 Å². The van der Waals surface area contributed by atoms with E-state index in [1.165, 1.54) is 7.11 Å². The maximum Gasteiger partial charge on any atom is 0.259 e. The summed E-state index contributed by atoms with van der Waals surface area (Å²) in [5.74, 6) is 1.15. The third-order valence-corrected chi connectivity index (χ3v) is 4.93. The van der Waals surface area contributed by atoms with Gasteiger partial charge in [-0.15, -0.1) is 0 Å². The van der Waals surface area contributed by atoms with E-state index in [4.69, 9.17) is 14.0 Å². The Hall–Kier alpha value is -2.32. The van der Waals surface area contributed by atoms with Crippen LogP contribution in [0.2, 0.25) is 0 Å². The number of carbonyl (C=O) groups is 1. The van der Waals surface area contributed by atoms with Crippen LogP contribution in [0.5, 0.6) is 0 Å². The van der Waals surface area contributed by atoms with Gasteiger partial charge in [-0.05, 0) is 31.4 Å². The molecule has 26 heavy (non-hydrogen) atoms. The van der Waals surface area contributed by atoms with Gasteiger partial charge in [-0.3, -0.25) is 9.78 Å². The number of piperidine rings is 1. The summed E-state index contributed by atoms with van der Waals surface area (Å²) in [6.07, 6.45) is 5.70. The second kappa shape index (κ2) is 8.37. The van der Waals surface area contributed by atoms with Crippen LogP contribution in [0.1, 0.15) is 25.1 Å². The van der Waals surface area contributed by atoms with Gasteiger partial charge in [0.25, 0.3) is 5.89 Å².